The summed E-state index contributed by atoms with van der Waals surface area (Å²) in [5.41, 5.74) is 8.72. The van der Waals surface area contributed by atoms with Crippen molar-refractivity contribution in [3.05, 3.63) is 78.4 Å². The van der Waals surface area contributed by atoms with Gasteiger partial charge in [-0.25, -0.2) is 18.4 Å². The number of nitrogens with one attached hydrogen (secondary N) is 3. The number of sulfonamides is 1. The molecule has 0 saturated carbocycles. The third-order valence-corrected chi connectivity index (χ3v) is 5.92. The average Bonchev–Trinajstić information content (AvgIpc) is 2.79. The summed E-state index contributed by atoms with van der Waals surface area (Å²) in [4.78, 5) is 10.5. The van der Waals surface area contributed by atoms with Crippen molar-refractivity contribution in [1.29, 1.82) is 5.41 Å². The Kier molecular flexibility index (Phi) is 9.80. The van der Waals surface area contributed by atoms with Crippen LogP contribution in [0.2, 0.25) is 0 Å². The Morgan fingerprint density at radius 3 is 2.26 bits per heavy atom. The van der Waals surface area contributed by atoms with E-state index >= 15 is 0 Å². The number of carbonyl (C=O) groups is 1. The molecule has 9 nitrogen and oxygen atoms in total. The van der Waals surface area contributed by atoms with Crippen LogP contribution in [0.25, 0.3) is 11.1 Å². The molecule has 3 rings (SSSR count). The highest BCUT2D eigenvalue weighted by Gasteiger charge is 2.14. The number of primary sulfonamides is 1. The van der Waals surface area contributed by atoms with Crippen molar-refractivity contribution in [2.45, 2.75) is 37.6 Å². The van der Waals surface area contributed by atoms with Crippen LogP contribution < -0.4 is 21.5 Å². The number of amidine groups is 1. The quantitative estimate of drug-likeness (QED) is 0.195. The fourth-order valence-corrected chi connectivity index (χ4v) is 4.14. The molecule has 0 aliphatic rings. The second-order valence-electron chi connectivity index (χ2n) is 7.88. The van der Waals surface area contributed by atoms with Crippen molar-refractivity contribution in [2.75, 3.05) is 10.6 Å². The van der Waals surface area contributed by atoms with Gasteiger partial charge in [-0.3, -0.25) is 10.7 Å². The number of hydrogen-bond donors (Lipinski definition) is 6. The molecule has 10 heteroatoms. The SMILES string of the molecule is CCC[C@H](C)Nc1cccc(C(=N)N)c1.NS(=O)(=O)c1ccccc1-c1ccc(NC(=O)O)cc1. The van der Waals surface area contributed by atoms with Crippen molar-refractivity contribution in [1.82, 2.24) is 0 Å². The summed E-state index contributed by atoms with van der Waals surface area (Å²) < 4.78 is 23.1. The van der Waals surface area contributed by atoms with Crippen LogP contribution in [0.1, 0.15) is 32.3 Å². The molecular formula is C25H31N5O4S. The maximum atomic E-state index is 11.5. The van der Waals surface area contributed by atoms with E-state index in [0.717, 1.165) is 17.7 Å². The first-order chi connectivity index (χ1) is 16.5. The number of nitrogen functional groups attached to an aromatic ring is 1. The Bertz CT molecular complexity index is 1260. The zero-order valence-corrected chi connectivity index (χ0v) is 20.5. The normalized spacial score (nSPS) is 11.5. The van der Waals surface area contributed by atoms with Crippen LogP contribution in [-0.4, -0.2) is 31.5 Å². The van der Waals surface area contributed by atoms with Crippen LogP contribution in [-0.2, 0) is 10.0 Å². The van der Waals surface area contributed by atoms with Gasteiger partial charge in [0.05, 0.1) is 4.90 Å². The van der Waals surface area contributed by atoms with E-state index in [9.17, 15) is 13.2 Å². The van der Waals surface area contributed by atoms with Crippen molar-refractivity contribution < 1.29 is 18.3 Å². The van der Waals surface area contributed by atoms with Crippen LogP contribution >= 0.6 is 0 Å². The van der Waals surface area contributed by atoms with Gasteiger partial charge in [-0.1, -0.05) is 55.8 Å². The number of anilines is 2. The molecule has 1 atom stereocenters. The van der Waals surface area contributed by atoms with E-state index in [4.69, 9.17) is 21.4 Å². The molecule has 0 aliphatic carbocycles. The maximum Gasteiger partial charge on any atom is 0.409 e. The molecule has 0 radical (unpaired) electrons. The van der Waals surface area contributed by atoms with E-state index in [2.05, 4.69) is 24.5 Å². The van der Waals surface area contributed by atoms with Crippen molar-refractivity contribution in [3.8, 4) is 11.1 Å². The summed E-state index contributed by atoms with van der Waals surface area (Å²) in [6.07, 6.45) is 1.15. The molecule has 0 unspecified atom stereocenters. The van der Waals surface area contributed by atoms with Gasteiger partial charge in [-0.15, -0.1) is 0 Å². The Hall–Kier alpha value is -3.89. The van der Waals surface area contributed by atoms with Crippen molar-refractivity contribution in [3.63, 3.8) is 0 Å². The zero-order chi connectivity index (χ0) is 26.0. The summed E-state index contributed by atoms with van der Waals surface area (Å²) in [6, 6.07) is 20.8. The molecule has 186 valence electrons. The van der Waals surface area contributed by atoms with Crippen molar-refractivity contribution in [2.24, 2.45) is 10.9 Å². The van der Waals surface area contributed by atoms with Gasteiger partial charge >= 0.3 is 6.09 Å². The molecular weight excluding hydrogens is 466 g/mol. The molecule has 8 N–H and O–H groups in total. The number of amides is 1. The highest BCUT2D eigenvalue weighted by Crippen LogP contribution is 2.27. The Labute approximate surface area is 205 Å². The molecule has 0 spiro atoms. The van der Waals surface area contributed by atoms with Crippen LogP contribution in [0.15, 0.2) is 77.7 Å². The highest BCUT2D eigenvalue weighted by atomic mass is 32.2. The van der Waals surface area contributed by atoms with E-state index in [1.807, 2.05) is 24.3 Å². The lowest BCUT2D eigenvalue weighted by molar-refractivity contribution is 0.209. The van der Waals surface area contributed by atoms with Crippen LogP contribution in [0.5, 0.6) is 0 Å². The smallest absolute Gasteiger partial charge is 0.409 e. The molecule has 0 saturated heterocycles. The minimum atomic E-state index is -3.82. The van der Waals surface area contributed by atoms with E-state index in [0.29, 0.717) is 22.9 Å². The second-order valence-corrected chi connectivity index (χ2v) is 9.41. The number of benzene rings is 3. The third-order valence-electron chi connectivity index (χ3n) is 4.95. The van der Waals surface area contributed by atoms with Gasteiger partial charge in [-0.2, -0.15) is 0 Å². The topological polar surface area (TPSA) is 171 Å². The molecule has 1 amide bonds. The summed E-state index contributed by atoms with van der Waals surface area (Å²) in [6.45, 7) is 4.33. The summed E-state index contributed by atoms with van der Waals surface area (Å²) >= 11 is 0. The second kappa shape index (κ2) is 12.5. The van der Waals surface area contributed by atoms with Crippen LogP contribution in [0.4, 0.5) is 16.2 Å². The minimum Gasteiger partial charge on any atom is -0.465 e. The first kappa shape index (κ1) is 27.4. The lowest BCUT2D eigenvalue weighted by Gasteiger charge is -2.14. The summed E-state index contributed by atoms with van der Waals surface area (Å²) in [5, 5.41) is 26.7. The summed E-state index contributed by atoms with van der Waals surface area (Å²) in [7, 11) is -3.82. The van der Waals surface area contributed by atoms with Gasteiger partial charge in [0.1, 0.15) is 5.84 Å². The minimum absolute atomic E-state index is 0.0268. The molecule has 0 fully saturated rings. The van der Waals surface area contributed by atoms with Gasteiger partial charge < -0.3 is 16.2 Å². The third kappa shape index (κ3) is 8.76. The number of rotatable bonds is 8. The molecule has 3 aromatic carbocycles. The fraction of sp³-hybridized carbons (Fsp3) is 0.200. The maximum absolute atomic E-state index is 11.5. The Balaban J connectivity index is 0.000000258. The van der Waals surface area contributed by atoms with E-state index in [-0.39, 0.29) is 10.7 Å². The largest absolute Gasteiger partial charge is 0.465 e. The Morgan fingerprint density at radius 1 is 1.03 bits per heavy atom. The monoisotopic (exact) mass is 497 g/mol. The molecule has 0 aliphatic heterocycles. The Morgan fingerprint density at radius 2 is 1.69 bits per heavy atom. The highest BCUT2D eigenvalue weighted by molar-refractivity contribution is 7.89. The molecule has 35 heavy (non-hydrogen) atoms. The predicted molar refractivity (Wildman–Crippen MR) is 140 cm³/mol. The predicted octanol–water partition coefficient (Wildman–Crippen LogP) is 4.66. The standard InChI is InChI=1S/C13H12N2O4S.C12H19N3/c14-20(18,19)12-4-2-1-3-11(12)9-5-7-10(8-6-9)15-13(16)17;1-3-5-9(2)15-11-7-4-6-10(8-11)12(13)14/h1-8,15H,(H,16,17)(H2,14,18,19);4,6-9,15H,3,5H2,1-2H3,(H3,13,14)/t;9-/m.0/s1. The average molecular weight is 498 g/mol. The zero-order valence-electron chi connectivity index (χ0n) is 19.7. The number of nitrogens with two attached hydrogens (primary N) is 2. The van der Waals surface area contributed by atoms with Crippen LogP contribution in [0, 0.1) is 5.41 Å². The fourth-order valence-electron chi connectivity index (χ4n) is 3.38. The lowest BCUT2D eigenvalue weighted by atomic mass is 10.1. The lowest BCUT2D eigenvalue weighted by Crippen LogP contribution is -2.16. The first-order valence-electron chi connectivity index (χ1n) is 10.9. The molecule has 0 bridgehead atoms. The van der Waals surface area contributed by atoms with E-state index in [1.165, 1.54) is 12.5 Å². The van der Waals surface area contributed by atoms with Gasteiger partial charge in [-0.05, 0) is 49.2 Å². The van der Waals surface area contributed by atoms with Crippen LogP contribution in [0.3, 0.4) is 0 Å². The van der Waals surface area contributed by atoms with Gasteiger partial charge in [0, 0.05) is 28.5 Å². The molecule has 0 aromatic heterocycles. The van der Waals surface area contributed by atoms with Gasteiger partial charge in [0.25, 0.3) is 0 Å². The van der Waals surface area contributed by atoms with E-state index < -0.39 is 16.1 Å². The summed E-state index contributed by atoms with van der Waals surface area (Å²) in [5.74, 6) is 0.113. The van der Waals surface area contributed by atoms with Gasteiger partial charge in [0.2, 0.25) is 10.0 Å². The van der Waals surface area contributed by atoms with E-state index in [1.54, 1.807) is 42.5 Å². The number of carboxylic acid groups (broad SMARTS) is 1. The first-order valence-corrected chi connectivity index (χ1v) is 12.5. The molecule has 3 aromatic rings. The van der Waals surface area contributed by atoms with Gasteiger partial charge in [0.15, 0.2) is 0 Å². The molecule has 0 heterocycles. The van der Waals surface area contributed by atoms with Crippen molar-refractivity contribution >= 4 is 33.3 Å². The number of hydrogen-bond acceptors (Lipinski definition) is 5.